The molecule has 0 saturated heterocycles. The van der Waals surface area contributed by atoms with Gasteiger partial charge in [-0.05, 0) is 30.0 Å². The van der Waals surface area contributed by atoms with Gasteiger partial charge < -0.3 is 9.84 Å². The average molecular weight is 275 g/mol. The Morgan fingerprint density at radius 1 is 1.42 bits per heavy atom. The van der Waals surface area contributed by atoms with Crippen LogP contribution in [0.25, 0.3) is 0 Å². The van der Waals surface area contributed by atoms with Crippen molar-refractivity contribution in [3.8, 4) is 5.75 Å². The largest absolute Gasteiger partial charge is 0.493 e. The van der Waals surface area contributed by atoms with E-state index in [0.29, 0.717) is 17.9 Å². The second-order valence-corrected chi connectivity index (χ2v) is 4.23. The SMILES string of the molecule is O=C(O)N(Cc1ccc2c(c1)CCCO2)C(F)(F)F. The van der Waals surface area contributed by atoms with Crippen molar-refractivity contribution in [1.82, 2.24) is 4.90 Å². The van der Waals surface area contributed by atoms with Crippen molar-refractivity contribution < 1.29 is 27.8 Å². The third-order valence-electron chi connectivity index (χ3n) is 2.85. The molecule has 2 rings (SSSR count). The summed E-state index contributed by atoms with van der Waals surface area (Å²) in [6.07, 6.45) is -5.39. The molecule has 0 aromatic heterocycles. The maximum Gasteiger partial charge on any atom is 0.490 e. The van der Waals surface area contributed by atoms with E-state index >= 15 is 0 Å². The molecular weight excluding hydrogens is 263 g/mol. The minimum Gasteiger partial charge on any atom is -0.493 e. The zero-order valence-electron chi connectivity index (χ0n) is 9.91. The first-order valence-corrected chi connectivity index (χ1v) is 5.70. The number of hydrogen-bond acceptors (Lipinski definition) is 2. The standard InChI is InChI=1S/C12H12F3NO3/c13-12(14,15)16(11(17)18)7-8-3-4-10-9(6-8)2-1-5-19-10/h3-4,6H,1-2,5,7H2,(H,17,18). The Balaban J connectivity index is 2.20. The third-order valence-corrected chi connectivity index (χ3v) is 2.85. The maximum atomic E-state index is 12.5. The second kappa shape index (κ2) is 4.99. The van der Waals surface area contributed by atoms with Crippen molar-refractivity contribution in [2.75, 3.05) is 6.61 Å². The first-order valence-electron chi connectivity index (χ1n) is 5.70. The Labute approximate surface area is 107 Å². The summed E-state index contributed by atoms with van der Waals surface area (Å²) >= 11 is 0. The highest BCUT2D eigenvalue weighted by Gasteiger charge is 2.41. The van der Waals surface area contributed by atoms with Crippen molar-refractivity contribution in [3.63, 3.8) is 0 Å². The lowest BCUT2D eigenvalue weighted by molar-refractivity contribution is -0.231. The summed E-state index contributed by atoms with van der Waals surface area (Å²) in [7, 11) is 0. The lowest BCUT2D eigenvalue weighted by Gasteiger charge is -2.23. The molecule has 4 nitrogen and oxygen atoms in total. The Morgan fingerprint density at radius 3 is 2.79 bits per heavy atom. The maximum absolute atomic E-state index is 12.5. The fourth-order valence-electron chi connectivity index (χ4n) is 1.96. The number of fused-ring (bicyclic) bond motifs is 1. The smallest absolute Gasteiger partial charge is 0.490 e. The highest BCUT2D eigenvalue weighted by Crippen LogP contribution is 2.28. The number of aryl methyl sites for hydroxylation is 1. The minimum atomic E-state index is -4.90. The summed E-state index contributed by atoms with van der Waals surface area (Å²) in [5.74, 6) is 0.656. The first-order chi connectivity index (χ1) is 8.88. The molecule has 1 N–H and O–H groups in total. The van der Waals surface area contributed by atoms with E-state index in [-0.39, 0.29) is 0 Å². The number of benzene rings is 1. The van der Waals surface area contributed by atoms with Crippen LogP contribution in [0.5, 0.6) is 5.75 Å². The summed E-state index contributed by atoms with van der Waals surface area (Å²) < 4.78 is 42.9. The van der Waals surface area contributed by atoms with Crippen molar-refractivity contribution in [2.45, 2.75) is 25.7 Å². The zero-order valence-corrected chi connectivity index (χ0v) is 9.91. The van der Waals surface area contributed by atoms with Gasteiger partial charge in [0, 0.05) is 0 Å². The highest BCUT2D eigenvalue weighted by atomic mass is 19.4. The van der Waals surface area contributed by atoms with Gasteiger partial charge >= 0.3 is 12.4 Å². The number of rotatable bonds is 2. The van der Waals surface area contributed by atoms with Crippen LogP contribution in [0.15, 0.2) is 18.2 Å². The predicted octanol–water partition coefficient (Wildman–Crippen LogP) is 3.01. The van der Waals surface area contributed by atoms with Gasteiger partial charge in [-0.15, -0.1) is 13.2 Å². The first kappa shape index (κ1) is 13.5. The molecule has 1 aliphatic rings. The van der Waals surface area contributed by atoms with E-state index < -0.39 is 23.8 Å². The summed E-state index contributed by atoms with van der Waals surface area (Å²) in [5.41, 5.74) is 1.11. The molecular formula is C12H12F3NO3. The van der Waals surface area contributed by atoms with Gasteiger partial charge in [0.25, 0.3) is 0 Å². The molecule has 19 heavy (non-hydrogen) atoms. The normalized spacial score (nSPS) is 14.5. The van der Waals surface area contributed by atoms with Crippen LogP contribution in [0, 0.1) is 0 Å². The van der Waals surface area contributed by atoms with Crippen molar-refractivity contribution in [1.29, 1.82) is 0 Å². The van der Waals surface area contributed by atoms with Gasteiger partial charge in [-0.2, -0.15) is 0 Å². The van der Waals surface area contributed by atoms with Crippen molar-refractivity contribution in [3.05, 3.63) is 29.3 Å². The molecule has 7 heteroatoms. The van der Waals surface area contributed by atoms with E-state index in [0.717, 1.165) is 18.4 Å². The van der Waals surface area contributed by atoms with E-state index in [4.69, 9.17) is 9.84 Å². The van der Waals surface area contributed by atoms with E-state index in [1.54, 1.807) is 12.1 Å². The molecule has 0 saturated carbocycles. The van der Waals surface area contributed by atoms with Gasteiger partial charge in [-0.1, -0.05) is 12.1 Å². The Bertz CT molecular complexity index is 488. The molecule has 0 bridgehead atoms. The number of amides is 1. The van der Waals surface area contributed by atoms with Crippen molar-refractivity contribution >= 4 is 6.09 Å². The second-order valence-electron chi connectivity index (χ2n) is 4.23. The molecule has 0 radical (unpaired) electrons. The highest BCUT2D eigenvalue weighted by molar-refractivity contribution is 5.65. The predicted molar refractivity (Wildman–Crippen MR) is 59.9 cm³/mol. The Morgan fingerprint density at radius 2 is 2.16 bits per heavy atom. The minimum absolute atomic E-state index is 0.295. The molecule has 104 valence electrons. The van der Waals surface area contributed by atoms with Crippen LogP contribution in [-0.4, -0.2) is 29.0 Å². The van der Waals surface area contributed by atoms with Crippen molar-refractivity contribution in [2.24, 2.45) is 0 Å². The number of carboxylic acid groups (broad SMARTS) is 1. The molecule has 0 unspecified atom stereocenters. The average Bonchev–Trinajstić information content (AvgIpc) is 2.34. The van der Waals surface area contributed by atoms with E-state index in [2.05, 4.69) is 0 Å². The lowest BCUT2D eigenvalue weighted by atomic mass is 10.0. The van der Waals surface area contributed by atoms with Gasteiger partial charge in [-0.25, -0.2) is 9.69 Å². The summed E-state index contributed by atoms with van der Waals surface area (Å²) in [5, 5.41) is 8.59. The molecule has 0 aliphatic carbocycles. The van der Waals surface area contributed by atoms with E-state index in [1.165, 1.54) is 6.07 Å². The molecule has 1 aromatic rings. The summed E-state index contributed by atoms with van der Waals surface area (Å²) in [4.78, 5) is 10.1. The van der Waals surface area contributed by atoms with Crippen LogP contribution in [0.1, 0.15) is 17.5 Å². The monoisotopic (exact) mass is 275 g/mol. The third kappa shape index (κ3) is 3.10. The van der Waals surface area contributed by atoms with E-state index in [1.807, 2.05) is 0 Å². The zero-order chi connectivity index (χ0) is 14.0. The van der Waals surface area contributed by atoms with E-state index in [9.17, 15) is 18.0 Å². The van der Waals surface area contributed by atoms with Crippen LogP contribution >= 0.6 is 0 Å². The molecule has 1 aliphatic heterocycles. The molecule has 1 amide bonds. The molecule has 0 spiro atoms. The van der Waals surface area contributed by atoms with Crippen LogP contribution in [0.4, 0.5) is 18.0 Å². The van der Waals surface area contributed by atoms with Crippen LogP contribution in [0.3, 0.4) is 0 Å². The summed E-state index contributed by atoms with van der Waals surface area (Å²) in [6, 6.07) is 4.60. The summed E-state index contributed by atoms with van der Waals surface area (Å²) in [6.45, 7) is -0.123. The molecule has 0 atom stereocenters. The number of hydrogen-bond donors (Lipinski definition) is 1. The number of nitrogens with zero attached hydrogens (tertiary/aromatic N) is 1. The van der Waals surface area contributed by atoms with Gasteiger partial charge in [0.15, 0.2) is 0 Å². The lowest BCUT2D eigenvalue weighted by Crippen LogP contribution is -2.41. The fraction of sp³-hybridized carbons (Fsp3) is 0.417. The Kier molecular flexibility index (Phi) is 3.55. The molecule has 1 heterocycles. The number of ether oxygens (including phenoxy) is 1. The Hall–Kier alpha value is -1.92. The van der Waals surface area contributed by atoms with Crippen LogP contribution < -0.4 is 4.74 Å². The number of alkyl halides is 3. The molecule has 1 aromatic carbocycles. The topological polar surface area (TPSA) is 49.8 Å². The van der Waals surface area contributed by atoms with Gasteiger partial charge in [0.1, 0.15) is 5.75 Å². The van der Waals surface area contributed by atoms with Crippen LogP contribution in [0.2, 0.25) is 0 Å². The fourth-order valence-corrected chi connectivity index (χ4v) is 1.96. The van der Waals surface area contributed by atoms with Gasteiger partial charge in [-0.3, -0.25) is 0 Å². The molecule has 0 fully saturated rings. The number of halogens is 3. The van der Waals surface area contributed by atoms with Gasteiger partial charge in [0.2, 0.25) is 0 Å². The number of carbonyl (C=O) groups is 1. The quantitative estimate of drug-likeness (QED) is 0.844. The van der Waals surface area contributed by atoms with Gasteiger partial charge in [0.05, 0.1) is 13.2 Å². The van der Waals surface area contributed by atoms with Crippen LogP contribution in [-0.2, 0) is 13.0 Å².